The Labute approximate surface area is 117 Å². The number of rotatable bonds is 6. The first-order valence-electron chi connectivity index (χ1n) is 5.91. The minimum atomic E-state index is -0.417. The quantitative estimate of drug-likeness (QED) is 0.768. The Bertz CT molecular complexity index is 491. The van der Waals surface area contributed by atoms with Crippen LogP contribution in [0.15, 0.2) is 18.2 Å². The van der Waals surface area contributed by atoms with Gasteiger partial charge >= 0.3 is 0 Å². The molecule has 0 unspecified atom stereocenters. The van der Waals surface area contributed by atoms with Gasteiger partial charge in [0.05, 0.1) is 6.54 Å². The van der Waals surface area contributed by atoms with E-state index in [1.165, 1.54) is 12.1 Å². The van der Waals surface area contributed by atoms with Crippen LogP contribution in [0, 0.1) is 5.82 Å². The maximum absolute atomic E-state index is 13.5. The molecule has 0 aliphatic rings. The fourth-order valence-corrected chi connectivity index (χ4v) is 1.86. The van der Waals surface area contributed by atoms with Crippen molar-refractivity contribution in [1.82, 2.24) is 4.90 Å². The van der Waals surface area contributed by atoms with E-state index in [-0.39, 0.29) is 17.6 Å². The highest BCUT2D eigenvalue weighted by atomic mass is 32.1. The fraction of sp³-hybridized carbons (Fsp3) is 0.385. The van der Waals surface area contributed by atoms with Gasteiger partial charge in [-0.15, -0.1) is 0 Å². The molecule has 0 fully saturated rings. The van der Waals surface area contributed by atoms with Gasteiger partial charge in [0.25, 0.3) is 0 Å². The van der Waals surface area contributed by atoms with Crippen molar-refractivity contribution in [1.29, 1.82) is 0 Å². The van der Waals surface area contributed by atoms with Crippen molar-refractivity contribution in [2.75, 3.05) is 6.54 Å². The summed E-state index contributed by atoms with van der Waals surface area (Å²) >= 11 is 4.84. The van der Waals surface area contributed by atoms with Gasteiger partial charge in [-0.3, -0.25) is 9.69 Å². The van der Waals surface area contributed by atoms with Crippen LogP contribution in [0.4, 0.5) is 4.39 Å². The van der Waals surface area contributed by atoms with Gasteiger partial charge in [0.1, 0.15) is 10.8 Å². The van der Waals surface area contributed by atoms with E-state index in [1.807, 2.05) is 18.7 Å². The minimum Gasteiger partial charge on any atom is -0.389 e. The van der Waals surface area contributed by atoms with E-state index in [2.05, 4.69) is 0 Å². The number of nitrogens with two attached hydrogens (primary N) is 2. The molecular formula is C13H18FN3OS. The van der Waals surface area contributed by atoms with E-state index >= 15 is 0 Å². The summed E-state index contributed by atoms with van der Waals surface area (Å²) in [5, 5.41) is 0. The Morgan fingerprint density at radius 1 is 1.37 bits per heavy atom. The summed E-state index contributed by atoms with van der Waals surface area (Å²) in [7, 11) is 0. The first kappa shape index (κ1) is 15.5. The van der Waals surface area contributed by atoms with Crippen LogP contribution >= 0.6 is 12.2 Å². The molecule has 0 heterocycles. The van der Waals surface area contributed by atoms with E-state index < -0.39 is 11.7 Å². The molecular weight excluding hydrogens is 265 g/mol. The number of hydrogen-bond acceptors (Lipinski definition) is 3. The monoisotopic (exact) mass is 283 g/mol. The molecule has 0 aromatic heterocycles. The Morgan fingerprint density at radius 2 is 2.00 bits per heavy atom. The number of primary amides is 1. The standard InChI is InChI=1S/C13H18FN3OS/c1-8(2)17(7-12(15)18)6-9-3-10(13(16)19)5-11(14)4-9/h3-5,8H,6-7H2,1-2H3,(H2,15,18)(H2,16,19). The minimum absolute atomic E-state index is 0.115. The molecule has 1 rings (SSSR count). The predicted octanol–water partition coefficient (Wildman–Crippen LogP) is 1.16. The highest BCUT2D eigenvalue weighted by Gasteiger charge is 2.14. The van der Waals surface area contributed by atoms with Crippen LogP contribution in [0.5, 0.6) is 0 Å². The zero-order valence-electron chi connectivity index (χ0n) is 11.0. The molecule has 0 radical (unpaired) electrons. The van der Waals surface area contributed by atoms with Crippen LogP contribution in [0.2, 0.25) is 0 Å². The van der Waals surface area contributed by atoms with Crippen LogP contribution in [0.3, 0.4) is 0 Å². The molecule has 0 atom stereocenters. The summed E-state index contributed by atoms with van der Waals surface area (Å²) in [6.45, 7) is 4.41. The van der Waals surface area contributed by atoms with Gasteiger partial charge in [-0.1, -0.05) is 12.2 Å². The molecule has 6 heteroatoms. The van der Waals surface area contributed by atoms with Crippen LogP contribution in [-0.4, -0.2) is 28.4 Å². The molecule has 4 nitrogen and oxygen atoms in total. The van der Waals surface area contributed by atoms with Gasteiger partial charge in [-0.05, 0) is 37.6 Å². The Balaban J connectivity index is 2.95. The van der Waals surface area contributed by atoms with Crippen molar-refractivity contribution in [2.45, 2.75) is 26.4 Å². The van der Waals surface area contributed by atoms with Crippen molar-refractivity contribution >= 4 is 23.1 Å². The van der Waals surface area contributed by atoms with Crippen LogP contribution < -0.4 is 11.5 Å². The summed E-state index contributed by atoms with van der Waals surface area (Å²) < 4.78 is 13.5. The Morgan fingerprint density at radius 3 is 2.47 bits per heavy atom. The summed E-state index contributed by atoms with van der Waals surface area (Å²) in [5.41, 5.74) is 11.9. The second kappa shape index (κ2) is 6.58. The average Bonchev–Trinajstić information content (AvgIpc) is 2.26. The molecule has 104 valence electrons. The molecule has 0 aliphatic heterocycles. The van der Waals surface area contributed by atoms with Crippen molar-refractivity contribution in [3.05, 3.63) is 35.1 Å². The van der Waals surface area contributed by atoms with Crippen LogP contribution in [0.1, 0.15) is 25.0 Å². The van der Waals surface area contributed by atoms with E-state index in [9.17, 15) is 9.18 Å². The van der Waals surface area contributed by atoms with Crippen molar-refractivity contribution < 1.29 is 9.18 Å². The third-order valence-corrected chi connectivity index (χ3v) is 2.95. The second-order valence-electron chi connectivity index (χ2n) is 4.68. The van der Waals surface area contributed by atoms with Crippen LogP contribution in [-0.2, 0) is 11.3 Å². The first-order valence-corrected chi connectivity index (χ1v) is 6.32. The zero-order valence-corrected chi connectivity index (χ0v) is 11.8. The van der Waals surface area contributed by atoms with Crippen molar-refractivity contribution in [3.8, 4) is 0 Å². The number of halogens is 1. The molecule has 4 N–H and O–H groups in total. The SMILES string of the molecule is CC(C)N(CC(N)=O)Cc1cc(F)cc(C(N)=S)c1. The molecule has 1 aromatic rings. The van der Waals surface area contributed by atoms with E-state index in [1.54, 1.807) is 6.07 Å². The molecule has 1 aromatic carbocycles. The van der Waals surface area contributed by atoms with Crippen LogP contribution in [0.25, 0.3) is 0 Å². The lowest BCUT2D eigenvalue weighted by atomic mass is 10.1. The summed E-state index contributed by atoms with van der Waals surface area (Å²) in [6.07, 6.45) is 0. The number of hydrogen-bond donors (Lipinski definition) is 2. The smallest absolute Gasteiger partial charge is 0.231 e. The molecule has 0 bridgehead atoms. The number of carbonyl (C=O) groups is 1. The third kappa shape index (κ3) is 4.92. The lowest BCUT2D eigenvalue weighted by Crippen LogP contribution is -2.38. The largest absolute Gasteiger partial charge is 0.389 e. The van der Waals surface area contributed by atoms with Gasteiger partial charge in [0.15, 0.2) is 0 Å². The lowest BCUT2D eigenvalue weighted by molar-refractivity contribution is -0.119. The normalized spacial score (nSPS) is 11.0. The Kier molecular flexibility index (Phi) is 5.38. The summed E-state index contributed by atoms with van der Waals surface area (Å²) in [4.78, 5) is 13.0. The van der Waals surface area contributed by atoms with Crippen molar-refractivity contribution in [2.24, 2.45) is 11.5 Å². The van der Waals surface area contributed by atoms with Gasteiger partial charge < -0.3 is 11.5 Å². The van der Waals surface area contributed by atoms with E-state index in [4.69, 9.17) is 23.7 Å². The average molecular weight is 283 g/mol. The molecule has 0 saturated heterocycles. The zero-order chi connectivity index (χ0) is 14.6. The molecule has 0 saturated carbocycles. The van der Waals surface area contributed by atoms with Gasteiger partial charge in [0, 0.05) is 18.2 Å². The highest BCUT2D eigenvalue weighted by Crippen LogP contribution is 2.13. The fourth-order valence-electron chi connectivity index (χ4n) is 1.74. The Hall–Kier alpha value is -1.53. The van der Waals surface area contributed by atoms with E-state index in [0.29, 0.717) is 17.7 Å². The number of thiocarbonyl (C=S) groups is 1. The maximum atomic E-state index is 13.5. The predicted molar refractivity (Wildman–Crippen MR) is 77.0 cm³/mol. The van der Waals surface area contributed by atoms with Gasteiger partial charge in [-0.25, -0.2) is 4.39 Å². The molecule has 0 aliphatic carbocycles. The third-order valence-electron chi connectivity index (χ3n) is 2.72. The first-order chi connectivity index (χ1) is 8.79. The number of amides is 1. The van der Waals surface area contributed by atoms with Crippen molar-refractivity contribution in [3.63, 3.8) is 0 Å². The number of benzene rings is 1. The summed E-state index contributed by atoms with van der Waals surface area (Å²) in [5.74, 6) is -0.817. The van der Waals surface area contributed by atoms with Gasteiger partial charge in [0.2, 0.25) is 5.91 Å². The number of carbonyl (C=O) groups excluding carboxylic acids is 1. The molecule has 0 spiro atoms. The molecule has 1 amide bonds. The molecule has 19 heavy (non-hydrogen) atoms. The lowest BCUT2D eigenvalue weighted by Gasteiger charge is -2.25. The maximum Gasteiger partial charge on any atom is 0.231 e. The topological polar surface area (TPSA) is 72.3 Å². The second-order valence-corrected chi connectivity index (χ2v) is 5.12. The van der Waals surface area contributed by atoms with Gasteiger partial charge in [-0.2, -0.15) is 0 Å². The summed E-state index contributed by atoms with van der Waals surface area (Å²) in [6, 6.07) is 4.53. The number of nitrogens with zero attached hydrogens (tertiary/aromatic N) is 1. The van der Waals surface area contributed by atoms with E-state index in [0.717, 1.165) is 0 Å². The highest BCUT2D eigenvalue weighted by molar-refractivity contribution is 7.80.